The van der Waals surface area contributed by atoms with Gasteiger partial charge in [0.2, 0.25) is 0 Å². The number of rotatable bonds is 5. The quantitative estimate of drug-likeness (QED) is 0.342. The Hall–Kier alpha value is -2.48. The highest BCUT2D eigenvalue weighted by Crippen LogP contribution is 2.44. The highest BCUT2D eigenvalue weighted by atomic mass is 19.4. The van der Waals surface area contributed by atoms with Gasteiger partial charge in [-0.2, -0.15) is 26.3 Å². The van der Waals surface area contributed by atoms with Gasteiger partial charge in [-0.05, 0) is 62.9 Å². The first-order valence-corrected chi connectivity index (χ1v) is 9.54. The van der Waals surface area contributed by atoms with Crippen molar-refractivity contribution >= 4 is 10.9 Å². The zero-order chi connectivity index (χ0) is 22.3. The summed E-state index contributed by atoms with van der Waals surface area (Å²) >= 11 is 0. The maximum absolute atomic E-state index is 13.8. The molecule has 0 aliphatic carbocycles. The van der Waals surface area contributed by atoms with E-state index in [1.54, 1.807) is 6.07 Å². The summed E-state index contributed by atoms with van der Waals surface area (Å²) < 4.78 is 81.2. The number of hydrogen-bond donors (Lipinski definition) is 2. The van der Waals surface area contributed by atoms with Gasteiger partial charge in [0.05, 0.1) is 11.1 Å². The lowest BCUT2D eigenvalue weighted by Crippen LogP contribution is -2.11. The van der Waals surface area contributed by atoms with Crippen molar-refractivity contribution in [2.45, 2.75) is 45.5 Å². The number of aromatic nitrogens is 1. The molecular weight excluding hydrogens is 406 g/mol. The molecule has 0 radical (unpaired) electrons. The Kier molecular flexibility index (Phi) is 5.91. The molecule has 0 spiro atoms. The van der Waals surface area contributed by atoms with Crippen LogP contribution in [0.1, 0.15) is 40.7 Å². The Labute approximate surface area is 170 Å². The molecule has 0 amide bonds. The number of hydrogen-bond acceptors (Lipinski definition) is 1. The Morgan fingerprint density at radius 3 is 2.17 bits per heavy atom. The summed E-state index contributed by atoms with van der Waals surface area (Å²) in [6.45, 7) is 4.09. The number of unbranched alkanes of at least 4 members (excludes halogenated alkanes) is 1. The number of aryl methyl sites for hydroxylation is 3. The molecular formula is C22H22F6N2. The number of benzene rings is 2. The van der Waals surface area contributed by atoms with Crippen molar-refractivity contribution in [1.29, 1.82) is 0 Å². The van der Waals surface area contributed by atoms with Crippen LogP contribution in [-0.4, -0.2) is 11.5 Å². The van der Waals surface area contributed by atoms with Crippen molar-refractivity contribution in [3.8, 4) is 11.3 Å². The van der Waals surface area contributed by atoms with Crippen molar-refractivity contribution in [3.63, 3.8) is 0 Å². The van der Waals surface area contributed by atoms with Crippen LogP contribution in [-0.2, 0) is 18.8 Å². The Morgan fingerprint density at radius 1 is 0.900 bits per heavy atom. The lowest BCUT2D eigenvalue weighted by Gasteiger charge is -2.14. The molecule has 0 saturated heterocycles. The van der Waals surface area contributed by atoms with Crippen LogP contribution in [0.3, 0.4) is 0 Å². The van der Waals surface area contributed by atoms with Gasteiger partial charge in [0.1, 0.15) is 0 Å². The van der Waals surface area contributed by atoms with Crippen LogP contribution in [0.4, 0.5) is 26.3 Å². The molecule has 0 aliphatic rings. The van der Waals surface area contributed by atoms with E-state index in [0.717, 1.165) is 17.2 Å². The summed E-state index contributed by atoms with van der Waals surface area (Å²) in [6, 6.07) is 6.44. The van der Waals surface area contributed by atoms with Crippen LogP contribution in [0.2, 0.25) is 0 Å². The van der Waals surface area contributed by atoms with E-state index in [0.29, 0.717) is 36.2 Å². The number of H-pyrrole nitrogens is 1. The van der Waals surface area contributed by atoms with E-state index >= 15 is 0 Å². The molecule has 0 aliphatic heterocycles. The van der Waals surface area contributed by atoms with E-state index in [4.69, 9.17) is 5.73 Å². The maximum atomic E-state index is 13.8. The number of fused-ring (bicyclic) bond motifs is 1. The van der Waals surface area contributed by atoms with Gasteiger partial charge in [-0.1, -0.05) is 23.8 Å². The van der Waals surface area contributed by atoms with Crippen LogP contribution in [0.25, 0.3) is 22.2 Å². The molecule has 30 heavy (non-hydrogen) atoms. The fourth-order valence-electron chi connectivity index (χ4n) is 3.81. The predicted molar refractivity (Wildman–Crippen MR) is 105 cm³/mol. The summed E-state index contributed by atoms with van der Waals surface area (Å²) in [5, 5.41) is -0.206. The van der Waals surface area contributed by atoms with E-state index < -0.39 is 23.5 Å². The molecule has 3 N–H and O–H groups in total. The molecule has 2 aromatic carbocycles. The second-order valence-electron chi connectivity index (χ2n) is 7.48. The monoisotopic (exact) mass is 428 g/mol. The topological polar surface area (TPSA) is 41.8 Å². The molecule has 3 rings (SSSR count). The molecule has 0 fully saturated rings. The van der Waals surface area contributed by atoms with Gasteiger partial charge in [-0.15, -0.1) is 0 Å². The number of nitrogens with one attached hydrogen (secondary N) is 1. The van der Waals surface area contributed by atoms with E-state index in [1.165, 1.54) is 0 Å². The Bertz CT molecular complexity index is 1060. The van der Waals surface area contributed by atoms with E-state index in [2.05, 4.69) is 4.98 Å². The largest absolute Gasteiger partial charge is 0.417 e. The maximum Gasteiger partial charge on any atom is 0.417 e. The molecule has 2 nitrogen and oxygen atoms in total. The Morgan fingerprint density at radius 2 is 1.60 bits per heavy atom. The fraction of sp³-hybridized carbons (Fsp3) is 0.364. The summed E-state index contributed by atoms with van der Waals surface area (Å²) in [4.78, 5) is 2.86. The van der Waals surface area contributed by atoms with Crippen molar-refractivity contribution in [1.82, 2.24) is 4.98 Å². The smallest absolute Gasteiger partial charge is 0.354 e. The molecule has 162 valence electrons. The molecule has 0 unspecified atom stereocenters. The number of aromatic amines is 1. The van der Waals surface area contributed by atoms with Crippen LogP contribution < -0.4 is 5.73 Å². The lowest BCUT2D eigenvalue weighted by molar-refractivity contribution is -0.142. The highest BCUT2D eigenvalue weighted by Gasteiger charge is 2.39. The summed E-state index contributed by atoms with van der Waals surface area (Å²) in [5.74, 6) is 0. The number of halogens is 6. The second-order valence-corrected chi connectivity index (χ2v) is 7.48. The molecule has 0 atom stereocenters. The summed E-state index contributed by atoms with van der Waals surface area (Å²) in [6.07, 6.45) is -8.42. The summed E-state index contributed by atoms with van der Waals surface area (Å²) in [7, 11) is 0. The minimum absolute atomic E-state index is 0.171. The molecule has 0 saturated carbocycles. The molecule has 0 bridgehead atoms. The van der Waals surface area contributed by atoms with Gasteiger partial charge >= 0.3 is 12.4 Å². The van der Waals surface area contributed by atoms with Crippen LogP contribution in [0.15, 0.2) is 30.3 Å². The second kappa shape index (κ2) is 7.98. The van der Waals surface area contributed by atoms with Gasteiger partial charge in [0.25, 0.3) is 0 Å². The van der Waals surface area contributed by atoms with Crippen LogP contribution in [0, 0.1) is 13.8 Å². The van der Waals surface area contributed by atoms with Gasteiger partial charge in [-0.25, -0.2) is 0 Å². The molecule has 1 heterocycles. The normalized spacial score (nSPS) is 12.7. The zero-order valence-corrected chi connectivity index (χ0v) is 16.6. The third-order valence-electron chi connectivity index (χ3n) is 5.17. The molecule has 8 heteroatoms. The minimum atomic E-state index is -4.93. The molecule has 1 aromatic heterocycles. The van der Waals surface area contributed by atoms with E-state index in [1.807, 2.05) is 26.0 Å². The number of alkyl halides is 6. The SMILES string of the molecule is Cc1ccc(-c2[nH]c3cc(C(F)(F)F)cc(C(F)(F)F)c3c2CCCCN)c(C)c1. The summed E-state index contributed by atoms with van der Waals surface area (Å²) in [5.41, 5.74) is 6.01. The van der Waals surface area contributed by atoms with Crippen molar-refractivity contribution in [2.24, 2.45) is 5.73 Å². The minimum Gasteiger partial charge on any atom is -0.354 e. The van der Waals surface area contributed by atoms with E-state index in [9.17, 15) is 26.3 Å². The highest BCUT2D eigenvalue weighted by molar-refractivity contribution is 5.94. The lowest BCUT2D eigenvalue weighted by atomic mass is 9.94. The number of nitrogens with two attached hydrogens (primary N) is 1. The van der Waals surface area contributed by atoms with Crippen molar-refractivity contribution < 1.29 is 26.3 Å². The predicted octanol–water partition coefficient (Wildman–Crippen LogP) is 6.77. The first-order valence-electron chi connectivity index (χ1n) is 9.54. The van der Waals surface area contributed by atoms with Crippen molar-refractivity contribution in [2.75, 3.05) is 6.54 Å². The van der Waals surface area contributed by atoms with Gasteiger partial charge in [0.15, 0.2) is 0 Å². The molecule has 3 aromatic rings. The third-order valence-corrected chi connectivity index (χ3v) is 5.17. The first kappa shape index (κ1) is 22.2. The fourth-order valence-corrected chi connectivity index (χ4v) is 3.81. The van der Waals surface area contributed by atoms with Gasteiger partial charge in [-0.3, -0.25) is 0 Å². The average Bonchev–Trinajstić information content (AvgIpc) is 2.98. The first-order chi connectivity index (χ1) is 13.9. The van der Waals surface area contributed by atoms with E-state index in [-0.39, 0.29) is 23.4 Å². The van der Waals surface area contributed by atoms with Crippen LogP contribution in [0.5, 0.6) is 0 Å². The van der Waals surface area contributed by atoms with Gasteiger partial charge in [0, 0.05) is 22.2 Å². The standard InChI is InChI=1S/C22H22F6N2/c1-12-6-7-15(13(2)9-12)20-16(5-3-4-8-29)19-17(22(26,27)28)10-14(21(23,24)25)11-18(19)30-20/h6-7,9-11,30H,3-5,8,29H2,1-2H3. The third kappa shape index (κ3) is 4.33. The Balaban J connectivity index is 2.37. The van der Waals surface area contributed by atoms with Gasteiger partial charge < -0.3 is 10.7 Å². The van der Waals surface area contributed by atoms with Crippen molar-refractivity contribution in [3.05, 3.63) is 58.1 Å². The van der Waals surface area contributed by atoms with Crippen LogP contribution >= 0.6 is 0 Å². The average molecular weight is 428 g/mol. The zero-order valence-electron chi connectivity index (χ0n) is 16.6.